The zero-order chi connectivity index (χ0) is 15.4. The monoisotopic (exact) mass is 295 g/mol. The van der Waals surface area contributed by atoms with Crippen molar-refractivity contribution in [2.75, 3.05) is 13.2 Å². The quantitative estimate of drug-likeness (QED) is 0.909. The molecule has 0 saturated carbocycles. The third-order valence-corrected chi connectivity index (χ3v) is 3.93. The van der Waals surface area contributed by atoms with Crippen LogP contribution in [0.15, 0.2) is 42.6 Å². The van der Waals surface area contributed by atoms with Gasteiger partial charge in [0, 0.05) is 25.3 Å². The highest BCUT2D eigenvalue weighted by Gasteiger charge is 2.29. The highest BCUT2D eigenvalue weighted by atomic mass is 16.5. The molecule has 2 heterocycles. The summed E-state index contributed by atoms with van der Waals surface area (Å²) < 4.78 is 5.81. The van der Waals surface area contributed by atoms with Gasteiger partial charge in [0.15, 0.2) is 0 Å². The zero-order valence-electron chi connectivity index (χ0n) is 12.1. The van der Waals surface area contributed by atoms with E-state index in [0.29, 0.717) is 24.4 Å². The number of nitrogens with zero attached hydrogens (tertiary/aromatic N) is 1. The number of benzene rings is 1. The average molecular weight is 295 g/mol. The number of amides is 1. The molecule has 5 heteroatoms. The maximum atomic E-state index is 12.1. The highest BCUT2D eigenvalue weighted by molar-refractivity contribution is 5.94. The molecule has 2 aromatic rings. The Hall–Kier alpha value is -2.58. The van der Waals surface area contributed by atoms with Crippen LogP contribution in [-0.4, -0.2) is 24.0 Å². The van der Waals surface area contributed by atoms with Crippen LogP contribution in [0.25, 0.3) is 0 Å². The van der Waals surface area contributed by atoms with Crippen LogP contribution in [0.5, 0.6) is 0 Å². The lowest BCUT2D eigenvalue weighted by Gasteiger charge is -2.19. The second kappa shape index (κ2) is 6.46. The normalized spacial score (nSPS) is 20.5. The third-order valence-electron chi connectivity index (χ3n) is 3.93. The van der Waals surface area contributed by atoms with Gasteiger partial charge in [0.25, 0.3) is 5.91 Å². The van der Waals surface area contributed by atoms with Gasteiger partial charge in [-0.2, -0.15) is 5.26 Å². The van der Waals surface area contributed by atoms with E-state index < -0.39 is 0 Å². The van der Waals surface area contributed by atoms with Gasteiger partial charge in [-0.1, -0.05) is 30.3 Å². The van der Waals surface area contributed by atoms with E-state index in [1.54, 1.807) is 12.3 Å². The first kappa shape index (κ1) is 14.4. The predicted octanol–water partition coefficient (Wildman–Crippen LogP) is 2.39. The summed E-state index contributed by atoms with van der Waals surface area (Å²) in [6.07, 6.45) is 2.51. The van der Waals surface area contributed by atoms with Crippen molar-refractivity contribution in [3.63, 3.8) is 0 Å². The topological polar surface area (TPSA) is 77.9 Å². The fourth-order valence-electron chi connectivity index (χ4n) is 2.77. The lowest BCUT2D eigenvalue weighted by molar-refractivity contribution is 0.0846. The van der Waals surface area contributed by atoms with Crippen molar-refractivity contribution in [1.29, 1.82) is 5.26 Å². The van der Waals surface area contributed by atoms with Crippen LogP contribution in [0, 0.1) is 17.2 Å². The molecule has 2 atom stereocenters. The van der Waals surface area contributed by atoms with Crippen molar-refractivity contribution in [3.8, 4) is 6.07 Å². The second-order valence-electron chi connectivity index (χ2n) is 5.37. The van der Waals surface area contributed by atoms with Crippen molar-refractivity contribution >= 4 is 5.91 Å². The Morgan fingerprint density at radius 3 is 2.95 bits per heavy atom. The molecule has 1 aromatic carbocycles. The molecular formula is C17H17N3O2. The van der Waals surface area contributed by atoms with Gasteiger partial charge in [0.2, 0.25) is 0 Å². The van der Waals surface area contributed by atoms with E-state index in [4.69, 9.17) is 10.00 Å². The maximum absolute atomic E-state index is 12.1. The summed E-state index contributed by atoms with van der Waals surface area (Å²) in [7, 11) is 0. The molecular weight excluding hydrogens is 278 g/mol. The van der Waals surface area contributed by atoms with Crippen LogP contribution in [0.4, 0.5) is 0 Å². The fraction of sp³-hybridized carbons (Fsp3) is 0.294. The van der Waals surface area contributed by atoms with Gasteiger partial charge in [-0.3, -0.25) is 4.79 Å². The van der Waals surface area contributed by atoms with Crippen LogP contribution in [-0.2, 0) is 4.74 Å². The summed E-state index contributed by atoms with van der Waals surface area (Å²) in [6.45, 7) is 1.27. The molecule has 1 saturated heterocycles. The van der Waals surface area contributed by atoms with E-state index in [2.05, 4.69) is 22.4 Å². The van der Waals surface area contributed by atoms with Crippen LogP contribution < -0.4 is 5.32 Å². The fourth-order valence-corrected chi connectivity index (χ4v) is 2.77. The molecule has 5 nitrogen and oxygen atoms in total. The standard InChI is InChI=1S/C17H17N3O2/c18-9-15-8-14(11-19-15)17(21)20-10-13-6-7-22-16(13)12-4-2-1-3-5-12/h1-5,8,11,13,16,19H,6-7,10H2,(H,20,21)/t13-,16-/m0/s1. The summed E-state index contributed by atoms with van der Waals surface area (Å²) in [4.78, 5) is 14.8. The van der Waals surface area contributed by atoms with E-state index in [1.807, 2.05) is 24.3 Å². The zero-order valence-corrected chi connectivity index (χ0v) is 12.1. The molecule has 1 aliphatic rings. The number of carbonyl (C=O) groups is 1. The van der Waals surface area contributed by atoms with Crippen LogP contribution in [0.1, 0.15) is 34.1 Å². The van der Waals surface area contributed by atoms with Gasteiger partial charge in [0.05, 0.1) is 11.7 Å². The molecule has 22 heavy (non-hydrogen) atoms. The summed E-state index contributed by atoms with van der Waals surface area (Å²) >= 11 is 0. The Labute approximate surface area is 128 Å². The Bertz CT molecular complexity index is 687. The number of hydrogen-bond donors (Lipinski definition) is 2. The summed E-state index contributed by atoms with van der Waals surface area (Å²) in [6, 6.07) is 13.6. The molecule has 1 aliphatic heterocycles. The molecule has 0 spiro atoms. The van der Waals surface area contributed by atoms with Gasteiger partial charge in [-0.15, -0.1) is 0 Å². The highest BCUT2D eigenvalue weighted by Crippen LogP contribution is 2.33. The minimum absolute atomic E-state index is 0.0300. The van der Waals surface area contributed by atoms with Gasteiger partial charge in [-0.05, 0) is 18.1 Å². The first-order valence-corrected chi connectivity index (χ1v) is 7.31. The molecule has 0 bridgehead atoms. The van der Waals surface area contributed by atoms with Gasteiger partial charge >= 0.3 is 0 Å². The summed E-state index contributed by atoms with van der Waals surface area (Å²) in [5, 5.41) is 11.7. The number of nitriles is 1. The number of aromatic amines is 1. The molecule has 1 fully saturated rings. The number of ether oxygens (including phenoxy) is 1. The molecule has 0 radical (unpaired) electrons. The lowest BCUT2D eigenvalue weighted by Crippen LogP contribution is -2.30. The van der Waals surface area contributed by atoms with E-state index in [0.717, 1.165) is 12.0 Å². The Kier molecular flexibility index (Phi) is 4.22. The SMILES string of the molecule is N#Cc1cc(C(=O)NC[C@@H]2CCO[C@H]2c2ccccc2)c[nH]1. The van der Waals surface area contributed by atoms with Gasteiger partial charge in [-0.25, -0.2) is 0 Å². The first-order valence-electron chi connectivity index (χ1n) is 7.31. The molecule has 1 amide bonds. The van der Waals surface area contributed by atoms with Gasteiger partial charge in [0.1, 0.15) is 11.8 Å². The molecule has 0 aliphatic carbocycles. The average Bonchev–Trinajstić information content (AvgIpc) is 3.22. The molecule has 0 unspecified atom stereocenters. The Balaban J connectivity index is 1.61. The van der Waals surface area contributed by atoms with Crippen LogP contribution in [0.3, 0.4) is 0 Å². The van der Waals surface area contributed by atoms with E-state index in [9.17, 15) is 4.79 Å². The first-order chi connectivity index (χ1) is 10.8. The summed E-state index contributed by atoms with van der Waals surface area (Å²) in [5.41, 5.74) is 2.01. The number of carbonyl (C=O) groups excluding carboxylic acids is 1. The molecule has 2 N–H and O–H groups in total. The van der Waals surface area contributed by atoms with Crippen LogP contribution >= 0.6 is 0 Å². The van der Waals surface area contributed by atoms with Crippen molar-refractivity contribution < 1.29 is 9.53 Å². The maximum Gasteiger partial charge on any atom is 0.252 e. The molecule has 1 aromatic heterocycles. The number of rotatable bonds is 4. The van der Waals surface area contributed by atoms with E-state index in [-0.39, 0.29) is 17.9 Å². The minimum Gasteiger partial charge on any atom is -0.373 e. The number of aromatic nitrogens is 1. The molecule has 3 rings (SSSR count). The third kappa shape index (κ3) is 3.02. The van der Waals surface area contributed by atoms with E-state index >= 15 is 0 Å². The largest absolute Gasteiger partial charge is 0.373 e. The summed E-state index contributed by atoms with van der Waals surface area (Å²) in [5.74, 6) is 0.0946. The lowest BCUT2D eigenvalue weighted by atomic mass is 9.95. The van der Waals surface area contributed by atoms with Crippen molar-refractivity contribution in [2.45, 2.75) is 12.5 Å². The number of H-pyrrole nitrogens is 1. The van der Waals surface area contributed by atoms with Gasteiger partial charge < -0.3 is 15.0 Å². The number of nitrogens with one attached hydrogen (secondary N) is 2. The smallest absolute Gasteiger partial charge is 0.252 e. The Morgan fingerprint density at radius 1 is 1.41 bits per heavy atom. The second-order valence-corrected chi connectivity index (χ2v) is 5.37. The Morgan fingerprint density at radius 2 is 2.23 bits per heavy atom. The number of hydrogen-bond acceptors (Lipinski definition) is 3. The van der Waals surface area contributed by atoms with Crippen molar-refractivity contribution in [1.82, 2.24) is 10.3 Å². The van der Waals surface area contributed by atoms with Crippen LogP contribution in [0.2, 0.25) is 0 Å². The molecule has 112 valence electrons. The van der Waals surface area contributed by atoms with E-state index in [1.165, 1.54) is 0 Å². The van der Waals surface area contributed by atoms with Crippen molar-refractivity contribution in [3.05, 3.63) is 59.4 Å². The predicted molar refractivity (Wildman–Crippen MR) is 81.1 cm³/mol. The van der Waals surface area contributed by atoms with Crippen molar-refractivity contribution in [2.24, 2.45) is 5.92 Å². The minimum atomic E-state index is -0.170.